The maximum Gasteiger partial charge on any atom is 0.333 e. The first-order valence-electron chi connectivity index (χ1n) is 32.2. The number of carbonyl (C=O) groups excluding carboxylic acids is 8. The standard InChI is InChI=1S/C27H32O7.C16H26O7.C14H22O7.C12H14O3.C6H10O3/c1-5-25(28)33-18-16-30-15-17-31-23-11-7-21(8-12-23)27(3,4)22-9-13-24(14-10-22)32-19-20-34-26(29)6-2;1-13(2)15(17)22-11-9-20-7-5-19-6-8-21-10-12-23-16(18)14(3)4;1-3-13(15)20-11-9-18-7-5-17-6-8-19-10-12-21-14(16)4-2;1-10(2)12(13)15-9-8-14-11-6-4-3-5-7-11;1-5(2)6(8)9-4-3-7/h5-14H,1-2,15-20H2,3-4H3;1,3,5-12H2,2,4H3;3-4H,1-2,5-12H2;3-7H,1,8-9H2,2H3;7H,1,3-4H2,2H3. The predicted octanol–water partition coefficient (Wildman–Crippen LogP) is 8.30. The van der Waals surface area contributed by atoms with E-state index in [1.54, 1.807) is 27.7 Å². The summed E-state index contributed by atoms with van der Waals surface area (Å²) in [5.74, 6) is -1.31. The van der Waals surface area contributed by atoms with E-state index >= 15 is 0 Å². The molecule has 0 fully saturated rings. The fraction of sp³-hybridized carbons (Fsp3) is 0.440. The van der Waals surface area contributed by atoms with E-state index in [-0.39, 0.29) is 77.5 Å². The fourth-order valence-corrected chi connectivity index (χ4v) is 6.48. The van der Waals surface area contributed by atoms with Gasteiger partial charge in [0.1, 0.15) is 89.9 Å². The second-order valence-electron chi connectivity index (χ2n) is 20.7. The molecule has 27 heteroatoms. The first kappa shape index (κ1) is 94.5. The molecule has 0 aliphatic carbocycles. The molecule has 0 bridgehead atoms. The summed E-state index contributed by atoms with van der Waals surface area (Å²) in [5.41, 5.74) is 3.54. The normalized spacial score (nSPS) is 10.1. The van der Waals surface area contributed by atoms with Crippen molar-refractivity contribution in [2.75, 3.05) is 172 Å². The number of para-hydroxylation sites is 1. The summed E-state index contributed by atoms with van der Waals surface area (Å²) in [5, 5.41) is 8.19. The predicted molar refractivity (Wildman–Crippen MR) is 378 cm³/mol. The van der Waals surface area contributed by atoms with Gasteiger partial charge in [-0.2, -0.15) is 0 Å². The summed E-state index contributed by atoms with van der Waals surface area (Å²) in [4.78, 5) is 86.9. The summed E-state index contributed by atoms with van der Waals surface area (Å²) in [6.07, 6.45) is 4.44. The third kappa shape index (κ3) is 55.2. The molecule has 0 atom stereocenters. The summed E-state index contributed by atoms with van der Waals surface area (Å²) >= 11 is 0. The smallest absolute Gasteiger partial charge is 0.333 e. The van der Waals surface area contributed by atoms with E-state index in [9.17, 15) is 38.4 Å². The fourth-order valence-electron chi connectivity index (χ4n) is 6.48. The third-order valence-electron chi connectivity index (χ3n) is 11.8. The van der Waals surface area contributed by atoms with Gasteiger partial charge in [0.05, 0.1) is 99.1 Å². The van der Waals surface area contributed by atoms with Crippen molar-refractivity contribution in [1.82, 2.24) is 0 Å². The van der Waals surface area contributed by atoms with Crippen molar-refractivity contribution in [2.24, 2.45) is 0 Å². The van der Waals surface area contributed by atoms with Crippen molar-refractivity contribution in [3.63, 3.8) is 0 Å². The van der Waals surface area contributed by atoms with E-state index < -0.39 is 41.8 Å². The Kier molecular flexibility index (Phi) is 58.9. The lowest BCUT2D eigenvalue weighted by Crippen LogP contribution is -2.19. The first-order chi connectivity index (χ1) is 48.9. The number of ether oxygens (including phenoxy) is 18. The molecule has 27 nitrogen and oxygen atoms in total. The highest BCUT2D eigenvalue weighted by Crippen LogP contribution is 2.33. The number of esters is 8. The number of rotatable bonds is 51. The van der Waals surface area contributed by atoms with Crippen molar-refractivity contribution in [2.45, 2.75) is 47.0 Å². The maximum absolute atomic E-state index is 11.0. The van der Waals surface area contributed by atoms with Crippen LogP contribution in [-0.2, 0) is 115 Å². The van der Waals surface area contributed by atoms with Crippen molar-refractivity contribution in [3.05, 3.63) is 189 Å². The largest absolute Gasteiger partial charge is 0.491 e. The Morgan fingerprint density at radius 2 is 0.510 bits per heavy atom. The summed E-state index contributed by atoms with van der Waals surface area (Å²) in [7, 11) is 0. The zero-order valence-corrected chi connectivity index (χ0v) is 59.9. The first-order valence-corrected chi connectivity index (χ1v) is 32.2. The molecular formula is C75H104O27. The number of hydrogen-bond donors (Lipinski definition) is 1. The van der Waals surface area contributed by atoms with Gasteiger partial charge in [0.15, 0.2) is 0 Å². The molecule has 3 aromatic rings. The average Bonchev–Trinajstić information content (AvgIpc) is 0.805. The van der Waals surface area contributed by atoms with Crippen LogP contribution in [0.25, 0.3) is 0 Å². The quantitative estimate of drug-likeness (QED) is 0.0240. The molecule has 0 heterocycles. The Hall–Kier alpha value is -9.58. The molecule has 0 aliphatic heterocycles. The van der Waals surface area contributed by atoms with E-state index in [0.29, 0.717) is 134 Å². The van der Waals surface area contributed by atoms with Crippen LogP contribution in [0.2, 0.25) is 0 Å². The van der Waals surface area contributed by atoms with E-state index in [2.05, 4.69) is 71.2 Å². The average molecular weight is 1440 g/mol. The van der Waals surface area contributed by atoms with E-state index in [4.69, 9.17) is 85.6 Å². The minimum atomic E-state index is -0.467. The van der Waals surface area contributed by atoms with Crippen LogP contribution < -0.4 is 14.2 Å². The Bertz CT molecular complexity index is 2850. The van der Waals surface area contributed by atoms with Gasteiger partial charge in [0, 0.05) is 52.0 Å². The Morgan fingerprint density at radius 3 is 0.765 bits per heavy atom. The lowest BCUT2D eigenvalue weighted by atomic mass is 9.78. The van der Waals surface area contributed by atoms with Gasteiger partial charge < -0.3 is 90.4 Å². The highest BCUT2D eigenvalue weighted by molar-refractivity contribution is 5.88. The maximum atomic E-state index is 11.0. The van der Waals surface area contributed by atoms with Gasteiger partial charge in [-0.25, -0.2) is 38.4 Å². The highest BCUT2D eigenvalue weighted by atomic mass is 16.6. The van der Waals surface area contributed by atoms with Crippen LogP contribution in [0.5, 0.6) is 17.2 Å². The second kappa shape index (κ2) is 63.6. The molecule has 566 valence electrons. The molecule has 0 saturated heterocycles. The topological polar surface area (TPSA) is 323 Å². The number of aliphatic hydroxyl groups is 1. The van der Waals surface area contributed by atoms with Crippen molar-refractivity contribution >= 4 is 47.8 Å². The Balaban J connectivity index is 0. The van der Waals surface area contributed by atoms with E-state index in [1.165, 1.54) is 0 Å². The lowest BCUT2D eigenvalue weighted by Gasteiger charge is -2.26. The molecule has 0 unspecified atom stereocenters. The van der Waals surface area contributed by atoms with Crippen LogP contribution in [0.3, 0.4) is 0 Å². The van der Waals surface area contributed by atoms with Crippen molar-refractivity contribution < 1.29 is 129 Å². The van der Waals surface area contributed by atoms with Gasteiger partial charge in [0.2, 0.25) is 0 Å². The van der Waals surface area contributed by atoms with Crippen LogP contribution in [0, 0.1) is 0 Å². The molecular weight excluding hydrogens is 1330 g/mol. The molecule has 3 aromatic carbocycles. The minimum absolute atomic E-state index is 0.0473. The van der Waals surface area contributed by atoms with Crippen LogP contribution in [0.1, 0.15) is 52.7 Å². The van der Waals surface area contributed by atoms with Gasteiger partial charge in [-0.1, -0.05) is 109 Å². The molecule has 0 saturated carbocycles. The number of benzene rings is 3. The zero-order valence-electron chi connectivity index (χ0n) is 59.9. The van der Waals surface area contributed by atoms with E-state index in [0.717, 1.165) is 46.9 Å². The Morgan fingerprint density at radius 1 is 0.304 bits per heavy atom. The van der Waals surface area contributed by atoms with Crippen LogP contribution in [-0.4, -0.2) is 225 Å². The number of hydrogen-bond acceptors (Lipinski definition) is 27. The molecule has 0 aromatic heterocycles. The van der Waals surface area contributed by atoms with Gasteiger partial charge >= 0.3 is 47.8 Å². The van der Waals surface area contributed by atoms with Crippen LogP contribution in [0.4, 0.5) is 0 Å². The molecule has 0 amide bonds. The van der Waals surface area contributed by atoms with E-state index in [1.807, 2.05) is 78.9 Å². The van der Waals surface area contributed by atoms with Crippen LogP contribution in [0.15, 0.2) is 178 Å². The van der Waals surface area contributed by atoms with Crippen molar-refractivity contribution in [3.8, 4) is 17.2 Å². The molecule has 0 radical (unpaired) electrons. The molecule has 1 N–H and O–H groups in total. The minimum Gasteiger partial charge on any atom is -0.491 e. The van der Waals surface area contributed by atoms with Gasteiger partial charge in [-0.3, -0.25) is 0 Å². The second-order valence-corrected chi connectivity index (χ2v) is 20.7. The molecule has 102 heavy (non-hydrogen) atoms. The molecule has 0 aliphatic rings. The summed E-state index contributed by atoms with van der Waals surface area (Å²) in [6, 6.07) is 25.2. The SMILES string of the molecule is C=C(C)C(=O)OCCO.C=C(C)C(=O)OCCOCCOCCOCCOC(=O)C(=C)C.C=C(C)C(=O)OCCOc1ccccc1.C=CC(=O)OCCOCCOCCOCCOC(=O)C=C.C=CC(=O)OCCOCCOc1ccc(C(C)(C)c2ccc(OCCOC(=O)C=C)cc2)cc1. The Labute approximate surface area is 599 Å². The molecule has 0 spiro atoms. The van der Waals surface area contributed by atoms with Crippen LogP contribution >= 0.6 is 0 Å². The molecule has 3 rings (SSSR count). The van der Waals surface area contributed by atoms with Gasteiger partial charge in [-0.15, -0.1) is 0 Å². The van der Waals surface area contributed by atoms with Crippen molar-refractivity contribution in [1.29, 1.82) is 0 Å². The third-order valence-corrected chi connectivity index (χ3v) is 11.8. The van der Waals surface area contributed by atoms with Gasteiger partial charge in [0.25, 0.3) is 0 Å². The zero-order chi connectivity index (χ0) is 76.4. The number of carbonyl (C=O) groups is 8. The monoisotopic (exact) mass is 1440 g/mol. The summed E-state index contributed by atoms with van der Waals surface area (Å²) in [6.45, 7) is 45.2. The van der Waals surface area contributed by atoms with Gasteiger partial charge in [-0.05, 0) is 75.2 Å². The summed E-state index contributed by atoms with van der Waals surface area (Å²) < 4.78 is 91.5. The lowest BCUT2D eigenvalue weighted by molar-refractivity contribution is -0.141. The number of aliphatic hydroxyl groups excluding tert-OH is 1. The highest BCUT2D eigenvalue weighted by Gasteiger charge is 2.23.